The number of furan rings is 2. The summed E-state index contributed by atoms with van der Waals surface area (Å²) in [4.78, 5) is 0. The van der Waals surface area contributed by atoms with Crippen molar-refractivity contribution in [2.75, 3.05) is 0 Å². The predicted molar refractivity (Wildman–Crippen MR) is 570 cm³/mol. The first kappa shape index (κ1) is 108. The first-order valence-corrected chi connectivity index (χ1v) is 45.1. The first-order valence-electron chi connectivity index (χ1n) is 45.1. The van der Waals surface area contributed by atoms with E-state index in [0.29, 0.717) is 0 Å². The maximum atomic E-state index is 6.45. The number of hydrogen-bond donors (Lipinski definition) is 0. The van der Waals surface area contributed by atoms with Crippen LogP contribution in [0.2, 0.25) is 0 Å². The van der Waals surface area contributed by atoms with Crippen molar-refractivity contribution in [3.8, 4) is 89.0 Å². The van der Waals surface area contributed by atoms with Gasteiger partial charge >= 0.3 is 0 Å². The molecule has 130 heavy (non-hydrogen) atoms. The second-order valence-electron chi connectivity index (χ2n) is 27.9. The van der Waals surface area contributed by atoms with E-state index in [0.717, 1.165) is 60.6 Å². The minimum atomic E-state index is 0. The van der Waals surface area contributed by atoms with E-state index in [2.05, 4.69) is 388 Å². The summed E-state index contributed by atoms with van der Waals surface area (Å²) in [7, 11) is 0. The van der Waals surface area contributed by atoms with Gasteiger partial charge in [-0.2, -0.15) is 0 Å². The molecule has 0 N–H and O–H groups in total. The summed E-state index contributed by atoms with van der Waals surface area (Å²) >= 11 is 0. The summed E-state index contributed by atoms with van der Waals surface area (Å²) in [5, 5.41) is 22.4. The quantitative estimate of drug-likeness (QED) is 0.112. The van der Waals surface area contributed by atoms with E-state index in [4.69, 9.17) is 8.83 Å². The third kappa shape index (κ3) is 22.5. The van der Waals surface area contributed by atoms with E-state index < -0.39 is 0 Å². The average molecular weight is 2150 g/mol. The van der Waals surface area contributed by atoms with E-state index in [1.165, 1.54) is 148 Å². The molecule has 0 atom stereocenters. The third-order valence-corrected chi connectivity index (χ3v) is 21.8. The molecule has 0 saturated heterocycles. The van der Waals surface area contributed by atoms with E-state index in [1.54, 1.807) is 0 Å². The van der Waals surface area contributed by atoms with Crippen LogP contribution in [0.4, 0.5) is 0 Å². The summed E-state index contributed by atoms with van der Waals surface area (Å²) in [5.74, 6) is 0. The molecule has 0 aliphatic heterocycles. The zero-order valence-electron chi connectivity index (χ0n) is 79.0. The fourth-order valence-corrected chi connectivity index (χ4v) is 17.1. The van der Waals surface area contributed by atoms with E-state index in [-0.39, 0.29) is 137 Å². The van der Waals surface area contributed by atoms with Crippen molar-refractivity contribution in [1.82, 2.24) is 0 Å². The fraction of sp³-hybridized carbons (Fsp3) is 0.128. The molecule has 670 valence electrons. The normalized spacial score (nSPS) is 9.94. The molecule has 20 aromatic carbocycles. The Labute approximate surface area is 867 Å². The third-order valence-electron chi connectivity index (χ3n) is 21.8. The molecule has 2 aromatic heterocycles. The molecular weight excluding hydrogens is 2020 g/mol. The molecule has 0 aliphatic rings. The van der Waals surface area contributed by atoms with Crippen LogP contribution in [0.3, 0.4) is 0 Å². The van der Waals surface area contributed by atoms with Gasteiger partial charge in [-0.15, -0.1) is 0 Å². The van der Waals surface area contributed by atoms with E-state index in [9.17, 15) is 0 Å². The van der Waals surface area contributed by atoms with Crippen LogP contribution in [0.5, 0.6) is 0 Å². The van der Waals surface area contributed by atoms with Crippen molar-refractivity contribution in [3.05, 3.63) is 435 Å². The van der Waals surface area contributed by atoms with Gasteiger partial charge in [0.2, 0.25) is 0 Å². The smallest absolute Gasteiger partial charge is 0.143 e. The Morgan fingerprint density at radius 3 is 0.615 bits per heavy atom. The van der Waals surface area contributed by atoms with E-state index in [1.807, 2.05) is 135 Å². The predicted octanol–water partition coefficient (Wildman–Crippen LogP) is 39.8. The molecule has 0 saturated carbocycles. The van der Waals surface area contributed by atoms with Crippen molar-refractivity contribution in [1.29, 1.82) is 0 Å². The van der Waals surface area contributed by atoms with Crippen LogP contribution >= 0.6 is 0 Å². The van der Waals surface area contributed by atoms with Gasteiger partial charge in [0.1, 0.15) is 22.3 Å². The van der Waals surface area contributed by atoms with Crippen LogP contribution in [0, 0.1) is 137 Å². The second kappa shape index (κ2) is 54.5. The molecule has 0 radical (unpaired) electrons. The summed E-state index contributed by atoms with van der Waals surface area (Å²) in [6, 6.07) is 148. The Bertz CT molecular complexity index is 7030. The summed E-state index contributed by atoms with van der Waals surface area (Å²) in [5.41, 5.74) is 23.5. The standard InChI is InChI=1S/C38H24O.C36H24.C32H20O.8C2H6.3CH3.3Dy/c1-2-11-26(12-3-1)36-30-14-4-6-16-32(30)37(33-17-7-5-15-31(33)36)27-23-21-25(22-24-27)28-18-10-19-34-29-13-8-9-20-35(29)39-38(28)34;1-2-12-27(13-3-1)35-31-16-6-8-18-33(31)36(34-19-9-7-17-32(34)35)28-23-21-26(22-24-28)30-20-10-14-25-11-4-5-15-29(25)30;1-2-11-21(12-3-1)30-23-14-4-6-16-25(23)31(26-17-7-5-15-24(26)30)28-19-10-18-27-22-13-8-9-20-29(22)33-32(27)28;8*1-2;;;;;;/h1-24H;1-24H;1-20H;8*1-2H3;3*1H3;;;/q;;;;;;;;;;;3*-1;;;. The van der Waals surface area contributed by atoms with Crippen molar-refractivity contribution in [2.45, 2.75) is 111 Å². The topological polar surface area (TPSA) is 26.3 Å². The SMILES string of the molecule is CC.CC.CC.CC.CC.CC.CC.CC.[CH3-].[CH3-].[CH3-].[Dy].[Dy].[Dy].c1ccc(-c2c3ccccc3c(-c3ccc(-c4cccc5c4oc4ccccc45)cc3)c3ccccc23)cc1.c1ccc(-c2c3ccccc3c(-c3ccc(-c4cccc5ccccc45)cc3)c3ccccc23)cc1.c1ccc(-c2c3ccccc3c(-c3cccc4c3oc3ccccc34)c3ccccc23)cc1. The molecule has 2 heterocycles. The Morgan fingerprint density at radius 2 is 0.315 bits per heavy atom. The molecular formula is C125H125Dy3O2-3. The Morgan fingerprint density at radius 1 is 0.131 bits per heavy atom. The number of rotatable bonds is 8. The van der Waals surface area contributed by atoms with Gasteiger partial charge in [-0.25, -0.2) is 0 Å². The number of benzene rings is 20. The van der Waals surface area contributed by atoms with Gasteiger partial charge in [0.15, 0.2) is 0 Å². The molecule has 22 aromatic rings. The van der Waals surface area contributed by atoms with Crippen molar-refractivity contribution < 1.29 is 123 Å². The van der Waals surface area contributed by atoms with Crippen LogP contribution in [-0.2, 0) is 0 Å². The van der Waals surface area contributed by atoms with Crippen LogP contribution in [0.1, 0.15) is 111 Å². The number of hydrogen-bond acceptors (Lipinski definition) is 2. The Hall–Kier alpha value is -10.4. The van der Waals surface area contributed by atoms with Crippen molar-refractivity contribution >= 4 is 119 Å². The molecule has 22 rings (SSSR count). The Balaban J connectivity index is 0.000000273. The summed E-state index contributed by atoms with van der Waals surface area (Å²) < 4.78 is 12.8. The molecule has 0 spiro atoms. The molecule has 0 unspecified atom stereocenters. The molecule has 0 bridgehead atoms. The van der Waals surface area contributed by atoms with Gasteiger partial charge in [0, 0.05) is 153 Å². The number of para-hydroxylation sites is 4. The van der Waals surface area contributed by atoms with Crippen LogP contribution in [-0.4, -0.2) is 0 Å². The molecule has 0 amide bonds. The van der Waals surface area contributed by atoms with Gasteiger partial charge in [-0.1, -0.05) is 511 Å². The average Bonchev–Trinajstić information content (AvgIpc) is 1.14. The molecule has 5 heteroatoms. The monoisotopic (exact) mass is 2150 g/mol. The maximum absolute atomic E-state index is 6.45. The zero-order valence-corrected chi connectivity index (χ0v) is 85.1. The van der Waals surface area contributed by atoms with Crippen molar-refractivity contribution in [3.63, 3.8) is 0 Å². The van der Waals surface area contributed by atoms with Crippen LogP contribution in [0.25, 0.3) is 208 Å². The number of fused-ring (bicyclic) bond motifs is 13. The summed E-state index contributed by atoms with van der Waals surface area (Å²) in [6.45, 7) is 32.0. The molecule has 0 aliphatic carbocycles. The van der Waals surface area contributed by atoms with Gasteiger partial charge in [0.25, 0.3) is 0 Å². The van der Waals surface area contributed by atoms with Crippen molar-refractivity contribution in [2.24, 2.45) is 0 Å². The Kier molecular flexibility index (Phi) is 45.4. The van der Waals surface area contributed by atoms with Gasteiger partial charge in [-0.05, 0) is 160 Å². The van der Waals surface area contributed by atoms with E-state index >= 15 is 0 Å². The fourth-order valence-electron chi connectivity index (χ4n) is 17.1. The van der Waals surface area contributed by atoms with Gasteiger partial charge in [0.05, 0.1) is 0 Å². The minimum Gasteiger partial charge on any atom is -0.455 e. The van der Waals surface area contributed by atoms with Gasteiger partial charge in [-0.3, -0.25) is 0 Å². The van der Waals surface area contributed by atoms with Gasteiger partial charge < -0.3 is 31.1 Å². The first-order chi connectivity index (χ1) is 61.6. The summed E-state index contributed by atoms with van der Waals surface area (Å²) in [6.07, 6.45) is 0. The second-order valence-corrected chi connectivity index (χ2v) is 27.9. The largest absolute Gasteiger partial charge is 0.455 e. The van der Waals surface area contributed by atoms with Crippen LogP contribution < -0.4 is 0 Å². The maximum Gasteiger partial charge on any atom is 0.143 e. The minimum absolute atomic E-state index is 0. The van der Waals surface area contributed by atoms with Crippen LogP contribution in [0.15, 0.2) is 421 Å². The molecule has 2 nitrogen and oxygen atoms in total. The molecule has 0 fully saturated rings. The zero-order chi connectivity index (χ0) is 87.4.